The van der Waals surface area contributed by atoms with E-state index in [4.69, 9.17) is 0 Å². The van der Waals surface area contributed by atoms with E-state index in [0.29, 0.717) is 5.41 Å². The summed E-state index contributed by atoms with van der Waals surface area (Å²) in [5, 5.41) is 3.44. The highest BCUT2D eigenvalue weighted by Gasteiger charge is 2.36. The first kappa shape index (κ1) is 15.8. The van der Waals surface area contributed by atoms with Crippen LogP contribution < -0.4 is 5.32 Å². The molecule has 2 saturated heterocycles. The van der Waals surface area contributed by atoms with E-state index < -0.39 is 0 Å². The maximum Gasteiger partial charge on any atom is 0.263 e. The maximum absolute atomic E-state index is 12.4. The summed E-state index contributed by atoms with van der Waals surface area (Å²) in [7, 11) is 0. The van der Waals surface area contributed by atoms with E-state index in [-0.39, 0.29) is 18.3 Å². The van der Waals surface area contributed by atoms with E-state index in [9.17, 15) is 4.79 Å². The first-order chi connectivity index (χ1) is 9.19. The smallest absolute Gasteiger partial charge is 0.263 e. The monoisotopic (exact) mass is 314 g/mol. The summed E-state index contributed by atoms with van der Waals surface area (Å²) >= 11 is 1.62. The molecule has 0 unspecified atom stereocenters. The van der Waals surface area contributed by atoms with Gasteiger partial charge in [-0.25, -0.2) is 0 Å². The average Bonchev–Trinajstić information content (AvgIpc) is 2.87. The first-order valence-electron chi connectivity index (χ1n) is 7.25. The molecule has 20 heavy (non-hydrogen) atoms. The molecule has 0 bridgehead atoms. The lowest BCUT2D eigenvalue weighted by molar-refractivity contribution is 0.0500. The number of carbonyl (C=O) groups excluding carboxylic acids is 1. The predicted molar refractivity (Wildman–Crippen MR) is 86.0 cm³/mol. The van der Waals surface area contributed by atoms with Crippen molar-refractivity contribution in [3.63, 3.8) is 0 Å². The SMILES string of the molecule is Cc1ccc(C(=O)N2CCC3(CCNCC3)CC2)s1.Cl. The van der Waals surface area contributed by atoms with Crippen molar-refractivity contribution >= 4 is 29.7 Å². The van der Waals surface area contributed by atoms with E-state index in [0.717, 1.165) is 31.1 Å². The number of nitrogens with zero attached hydrogens (tertiary/aromatic N) is 1. The van der Waals surface area contributed by atoms with Crippen LogP contribution in [0.5, 0.6) is 0 Å². The van der Waals surface area contributed by atoms with Gasteiger partial charge < -0.3 is 10.2 Å². The fraction of sp³-hybridized carbons (Fsp3) is 0.667. The quantitative estimate of drug-likeness (QED) is 0.864. The molecule has 0 aromatic carbocycles. The fourth-order valence-electron chi connectivity index (χ4n) is 3.35. The van der Waals surface area contributed by atoms with Gasteiger partial charge in [-0.1, -0.05) is 0 Å². The highest BCUT2D eigenvalue weighted by Crippen LogP contribution is 2.39. The Balaban J connectivity index is 0.00000147. The van der Waals surface area contributed by atoms with E-state index in [1.807, 2.05) is 12.1 Å². The summed E-state index contributed by atoms with van der Waals surface area (Å²) in [6.07, 6.45) is 4.94. The van der Waals surface area contributed by atoms with Crippen molar-refractivity contribution in [3.05, 3.63) is 21.9 Å². The molecule has 3 nitrogen and oxygen atoms in total. The molecule has 3 heterocycles. The van der Waals surface area contributed by atoms with Gasteiger partial charge in [-0.15, -0.1) is 23.7 Å². The summed E-state index contributed by atoms with van der Waals surface area (Å²) in [6, 6.07) is 4.01. The largest absolute Gasteiger partial charge is 0.338 e. The van der Waals surface area contributed by atoms with Crippen LogP contribution in [0.15, 0.2) is 12.1 Å². The summed E-state index contributed by atoms with van der Waals surface area (Å²) in [5.74, 6) is 0.238. The molecule has 2 fully saturated rings. The van der Waals surface area contributed by atoms with E-state index >= 15 is 0 Å². The lowest BCUT2D eigenvalue weighted by atomic mass is 9.71. The molecule has 0 radical (unpaired) electrons. The van der Waals surface area contributed by atoms with Crippen molar-refractivity contribution < 1.29 is 4.79 Å². The Bertz CT molecular complexity index is 458. The molecular formula is C15H23ClN2OS. The maximum atomic E-state index is 12.4. The van der Waals surface area contributed by atoms with Gasteiger partial charge in [-0.05, 0) is 63.2 Å². The number of hydrogen-bond acceptors (Lipinski definition) is 3. The van der Waals surface area contributed by atoms with Crippen LogP contribution in [0.2, 0.25) is 0 Å². The molecule has 5 heteroatoms. The number of likely N-dealkylation sites (tertiary alicyclic amines) is 1. The van der Waals surface area contributed by atoms with Crippen LogP contribution in [0.3, 0.4) is 0 Å². The molecule has 0 atom stereocenters. The van der Waals surface area contributed by atoms with Gasteiger partial charge in [0.2, 0.25) is 0 Å². The lowest BCUT2D eigenvalue weighted by Crippen LogP contribution is -2.47. The summed E-state index contributed by atoms with van der Waals surface area (Å²) in [6.45, 7) is 6.24. The van der Waals surface area contributed by atoms with Crippen LogP contribution in [0.25, 0.3) is 0 Å². The first-order valence-corrected chi connectivity index (χ1v) is 8.07. The van der Waals surface area contributed by atoms with Gasteiger partial charge >= 0.3 is 0 Å². The van der Waals surface area contributed by atoms with Crippen LogP contribution in [-0.2, 0) is 0 Å². The zero-order valence-corrected chi connectivity index (χ0v) is 13.6. The highest BCUT2D eigenvalue weighted by molar-refractivity contribution is 7.13. The minimum atomic E-state index is 0. The summed E-state index contributed by atoms with van der Waals surface area (Å²) in [4.78, 5) is 16.6. The van der Waals surface area contributed by atoms with Crippen LogP contribution >= 0.6 is 23.7 Å². The van der Waals surface area contributed by atoms with Crippen molar-refractivity contribution in [2.75, 3.05) is 26.2 Å². The van der Waals surface area contributed by atoms with Gasteiger partial charge in [-0.3, -0.25) is 4.79 Å². The Morgan fingerprint density at radius 3 is 2.40 bits per heavy atom. The molecular weight excluding hydrogens is 292 g/mol. The second-order valence-corrected chi connectivity index (χ2v) is 7.24. The molecule has 1 aromatic rings. The number of thiophene rings is 1. The Hall–Kier alpha value is -0.580. The average molecular weight is 315 g/mol. The number of amides is 1. The zero-order valence-electron chi connectivity index (χ0n) is 12.0. The molecule has 0 aliphatic carbocycles. The van der Waals surface area contributed by atoms with Crippen molar-refractivity contribution in [2.24, 2.45) is 5.41 Å². The number of piperidine rings is 2. The van der Waals surface area contributed by atoms with E-state index in [1.165, 1.54) is 30.6 Å². The number of nitrogens with one attached hydrogen (secondary N) is 1. The minimum absolute atomic E-state index is 0. The second-order valence-electron chi connectivity index (χ2n) is 5.95. The van der Waals surface area contributed by atoms with Gasteiger partial charge in [0.15, 0.2) is 0 Å². The third-order valence-electron chi connectivity index (χ3n) is 4.73. The van der Waals surface area contributed by atoms with Crippen LogP contribution in [0, 0.1) is 12.3 Å². The molecule has 1 aromatic heterocycles. The van der Waals surface area contributed by atoms with Crippen molar-refractivity contribution in [1.29, 1.82) is 0 Å². The van der Waals surface area contributed by atoms with Crippen molar-refractivity contribution in [3.8, 4) is 0 Å². The van der Waals surface area contributed by atoms with Gasteiger partial charge in [0.05, 0.1) is 4.88 Å². The number of halogens is 1. The third-order valence-corrected chi connectivity index (χ3v) is 5.72. The zero-order chi connectivity index (χ0) is 13.3. The second kappa shape index (κ2) is 6.46. The molecule has 2 aliphatic heterocycles. The fourth-order valence-corrected chi connectivity index (χ4v) is 4.18. The van der Waals surface area contributed by atoms with Gasteiger partial charge in [-0.2, -0.15) is 0 Å². The Morgan fingerprint density at radius 1 is 1.20 bits per heavy atom. The predicted octanol–water partition coefficient (Wildman–Crippen LogP) is 3.08. The Labute approximate surface area is 131 Å². The highest BCUT2D eigenvalue weighted by atomic mass is 35.5. The Morgan fingerprint density at radius 2 is 1.85 bits per heavy atom. The number of aryl methyl sites for hydroxylation is 1. The lowest BCUT2D eigenvalue weighted by Gasteiger charge is -2.44. The van der Waals surface area contributed by atoms with E-state index in [2.05, 4.69) is 17.1 Å². The normalized spacial score (nSPS) is 21.6. The number of carbonyl (C=O) groups is 1. The van der Waals surface area contributed by atoms with E-state index in [1.54, 1.807) is 11.3 Å². The van der Waals surface area contributed by atoms with Crippen LogP contribution in [-0.4, -0.2) is 37.0 Å². The topological polar surface area (TPSA) is 32.3 Å². The van der Waals surface area contributed by atoms with Crippen molar-refractivity contribution in [2.45, 2.75) is 32.6 Å². The third kappa shape index (κ3) is 3.18. The summed E-state index contributed by atoms with van der Waals surface area (Å²) in [5.41, 5.74) is 0.521. The number of rotatable bonds is 1. The van der Waals surface area contributed by atoms with Crippen LogP contribution in [0.1, 0.15) is 40.2 Å². The van der Waals surface area contributed by atoms with Gasteiger partial charge in [0.1, 0.15) is 0 Å². The van der Waals surface area contributed by atoms with Gasteiger partial charge in [0.25, 0.3) is 5.91 Å². The molecule has 1 N–H and O–H groups in total. The molecule has 2 aliphatic rings. The van der Waals surface area contributed by atoms with Crippen molar-refractivity contribution in [1.82, 2.24) is 10.2 Å². The standard InChI is InChI=1S/C15H22N2OS.ClH/c1-12-2-3-13(19-12)14(18)17-10-6-15(7-11-17)4-8-16-9-5-15;/h2-3,16H,4-11H2,1H3;1H. The molecule has 112 valence electrons. The summed E-state index contributed by atoms with van der Waals surface area (Å²) < 4.78 is 0. The molecule has 0 saturated carbocycles. The molecule has 3 rings (SSSR count). The molecule has 1 spiro atoms. The Kier molecular flexibility index (Phi) is 5.10. The molecule has 1 amide bonds. The number of hydrogen-bond donors (Lipinski definition) is 1. The minimum Gasteiger partial charge on any atom is -0.338 e. The van der Waals surface area contributed by atoms with Gasteiger partial charge in [0, 0.05) is 18.0 Å². The van der Waals surface area contributed by atoms with Crippen LogP contribution in [0.4, 0.5) is 0 Å².